The second-order valence-corrected chi connectivity index (χ2v) is 7.78. The minimum Gasteiger partial charge on any atom is -0.465 e. The van der Waals surface area contributed by atoms with Crippen molar-refractivity contribution in [3.63, 3.8) is 0 Å². The van der Waals surface area contributed by atoms with Crippen LogP contribution in [0.25, 0.3) is 22.3 Å². The Kier molecular flexibility index (Phi) is 5.76. The van der Waals surface area contributed by atoms with E-state index in [-0.39, 0.29) is 45.0 Å². The van der Waals surface area contributed by atoms with Gasteiger partial charge in [-0.25, -0.2) is 9.59 Å². The summed E-state index contributed by atoms with van der Waals surface area (Å²) in [7, 11) is 2.23. The molecule has 11 heteroatoms. The molecule has 168 valence electrons. The summed E-state index contributed by atoms with van der Waals surface area (Å²) in [6.07, 6.45) is 1.05. The Balaban J connectivity index is 2.38. The van der Waals surface area contributed by atoms with Gasteiger partial charge in [0.05, 0.1) is 24.5 Å². The standard InChI is InChI=1S/C21H20N2O9/c1-21(2,3)22-18-15(20(26)30-5)14(19(25)29-4)17(32-18)12-9-31-13-7-6-10(23(27)28)8-11(13)16(12)24/h6-9,22H,1-5H3. The van der Waals surface area contributed by atoms with Gasteiger partial charge in [-0.05, 0) is 26.8 Å². The monoisotopic (exact) mass is 444 g/mol. The third kappa shape index (κ3) is 4.04. The molecule has 1 aromatic carbocycles. The third-order valence-corrected chi connectivity index (χ3v) is 4.39. The van der Waals surface area contributed by atoms with E-state index in [4.69, 9.17) is 18.3 Å². The van der Waals surface area contributed by atoms with E-state index in [1.165, 1.54) is 12.1 Å². The van der Waals surface area contributed by atoms with Gasteiger partial charge in [0.1, 0.15) is 28.5 Å². The van der Waals surface area contributed by atoms with Crippen molar-refractivity contribution in [1.29, 1.82) is 0 Å². The number of carbonyl (C=O) groups is 2. The Hall–Kier alpha value is -4.15. The van der Waals surface area contributed by atoms with Crippen LogP contribution in [-0.2, 0) is 9.47 Å². The summed E-state index contributed by atoms with van der Waals surface area (Å²) in [6, 6.07) is 3.54. The van der Waals surface area contributed by atoms with Crippen molar-refractivity contribution in [3.8, 4) is 11.3 Å². The number of anilines is 1. The van der Waals surface area contributed by atoms with Gasteiger partial charge in [-0.3, -0.25) is 14.9 Å². The van der Waals surface area contributed by atoms with Crippen LogP contribution in [0, 0.1) is 10.1 Å². The molecule has 3 rings (SSSR count). The topological polar surface area (TPSA) is 151 Å². The van der Waals surface area contributed by atoms with Crippen LogP contribution >= 0.6 is 0 Å². The lowest BCUT2D eigenvalue weighted by Crippen LogP contribution is -2.27. The second-order valence-electron chi connectivity index (χ2n) is 7.78. The number of rotatable bonds is 5. The molecule has 2 heterocycles. The largest absolute Gasteiger partial charge is 0.465 e. The van der Waals surface area contributed by atoms with Crippen molar-refractivity contribution in [2.24, 2.45) is 0 Å². The number of benzene rings is 1. The molecule has 1 N–H and O–H groups in total. The molecule has 3 aromatic rings. The molecular formula is C21H20N2O9. The molecule has 0 unspecified atom stereocenters. The van der Waals surface area contributed by atoms with Crippen LogP contribution in [-0.4, -0.2) is 36.6 Å². The van der Waals surface area contributed by atoms with Crippen molar-refractivity contribution < 1.29 is 32.8 Å². The summed E-state index contributed by atoms with van der Waals surface area (Å²) < 4.78 is 20.8. The summed E-state index contributed by atoms with van der Waals surface area (Å²) in [6.45, 7) is 5.37. The molecular weight excluding hydrogens is 424 g/mol. The predicted octanol–water partition coefficient (Wildman–Crippen LogP) is 3.74. The van der Waals surface area contributed by atoms with Gasteiger partial charge >= 0.3 is 11.9 Å². The first-order chi connectivity index (χ1) is 15.0. The van der Waals surface area contributed by atoms with Crippen molar-refractivity contribution in [3.05, 3.63) is 55.9 Å². The highest BCUT2D eigenvalue weighted by molar-refractivity contribution is 6.10. The number of nitrogens with one attached hydrogen (secondary N) is 1. The predicted molar refractivity (Wildman–Crippen MR) is 113 cm³/mol. The molecule has 0 aliphatic rings. The maximum Gasteiger partial charge on any atom is 0.344 e. The summed E-state index contributed by atoms with van der Waals surface area (Å²) in [5, 5.41) is 14.0. The zero-order valence-electron chi connectivity index (χ0n) is 17.9. The molecule has 0 amide bonds. The van der Waals surface area contributed by atoms with Gasteiger partial charge in [0.15, 0.2) is 5.76 Å². The zero-order valence-corrected chi connectivity index (χ0v) is 17.9. The average molecular weight is 444 g/mol. The van der Waals surface area contributed by atoms with Crippen molar-refractivity contribution in [2.45, 2.75) is 26.3 Å². The zero-order chi connectivity index (χ0) is 23.8. The number of nitro groups is 1. The molecule has 32 heavy (non-hydrogen) atoms. The number of hydrogen-bond acceptors (Lipinski definition) is 10. The molecule has 0 fully saturated rings. The minimum absolute atomic E-state index is 0.0942. The number of non-ortho nitro benzene ring substituents is 1. The van der Waals surface area contributed by atoms with Crippen molar-refractivity contribution in [2.75, 3.05) is 19.5 Å². The Labute approximate surface area is 181 Å². The van der Waals surface area contributed by atoms with Crippen LogP contribution < -0.4 is 10.7 Å². The van der Waals surface area contributed by atoms with Gasteiger partial charge < -0.3 is 23.6 Å². The van der Waals surface area contributed by atoms with E-state index in [0.717, 1.165) is 26.5 Å². The van der Waals surface area contributed by atoms with Crippen LogP contribution in [0.5, 0.6) is 0 Å². The normalized spacial score (nSPS) is 11.3. The molecule has 0 bridgehead atoms. The molecule has 0 atom stereocenters. The summed E-state index contributed by atoms with van der Waals surface area (Å²) in [5.41, 5.74) is -2.36. The quantitative estimate of drug-likeness (QED) is 0.350. The fourth-order valence-corrected chi connectivity index (χ4v) is 3.03. The van der Waals surface area contributed by atoms with E-state index in [1.54, 1.807) is 20.8 Å². The lowest BCUT2D eigenvalue weighted by molar-refractivity contribution is -0.384. The lowest BCUT2D eigenvalue weighted by atomic mass is 10.0. The SMILES string of the molecule is COC(=O)c1c(NC(C)(C)C)oc(-c2coc3ccc([N+](=O)[O-])cc3c2=O)c1C(=O)OC. The number of nitro benzene ring substituents is 1. The molecule has 0 aliphatic carbocycles. The van der Waals surface area contributed by atoms with Crippen LogP contribution in [0.3, 0.4) is 0 Å². The van der Waals surface area contributed by atoms with Gasteiger partial charge in [-0.2, -0.15) is 0 Å². The Morgan fingerprint density at radius 1 is 1.09 bits per heavy atom. The van der Waals surface area contributed by atoms with Gasteiger partial charge in [0, 0.05) is 17.7 Å². The first kappa shape index (κ1) is 22.5. The van der Waals surface area contributed by atoms with Gasteiger partial charge in [0.25, 0.3) is 5.69 Å². The van der Waals surface area contributed by atoms with E-state index in [9.17, 15) is 24.5 Å². The number of hydrogen-bond donors (Lipinski definition) is 1. The highest BCUT2D eigenvalue weighted by Gasteiger charge is 2.35. The van der Waals surface area contributed by atoms with Crippen LogP contribution in [0.2, 0.25) is 0 Å². The number of furan rings is 1. The Morgan fingerprint density at radius 3 is 2.28 bits per heavy atom. The maximum absolute atomic E-state index is 13.2. The summed E-state index contributed by atoms with van der Waals surface area (Å²) in [4.78, 5) is 48.8. The number of esters is 2. The number of nitrogens with zero attached hydrogens (tertiary/aromatic N) is 1. The van der Waals surface area contributed by atoms with Gasteiger partial charge in [0.2, 0.25) is 11.3 Å². The fraction of sp³-hybridized carbons (Fsp3) is 0.286. The maximum atomic E-state index is 13.2. The third-order valence-electron chi connectivity index (χ3n) is 4.39. The Bertz CT molecular complexity index is 1300. The van der Waals surface area contributed by atoms with Crippen molar-refractivity contribution in [1.82, 2.24) is 0 Å². The molecule has 2 aromatic heterocycles. The Morgan fingerprint density at radius 2 is 1.72 bits per heavy atom. The minimum atomic E-state index is -0.954. The van der Waals surface area contributed by atoms with E-state index >= 15 is 0 Å². The first-order valence-corrected chi connectivity index (χ1v) is 9.30. The van der Waals surface area contributed by atoms with E-state index in [0.29, 0.717) is 0 Å². The highest BCUT2D eigenvalue weighted by atomic mass is 16.6. The fourth-order valence-electron chi connectivity index (χ4n) is 3.03. The van der Waals surface area contributed by atoms with Crippen LogP contribution in [0.1, 0.15) is 41.5 Å². The molecule has 0 aliphatic heterocycles. The highest BCUT2D eigenvalue weighted by Crippen LogP contribution is 2.37. The van der Waals surface area contributed by atoms with Gasteiger partial charge in [-0.15, -0.1) is 0 Å². The first-order valence-electron chi connectivity index (χ1n) is 9.30. The summed E-state index contributed by atoms with van der Waals surface area (Å²) in [5.74, 6) is -2.26. The van der Waals surface area contributed by atoms with Crippen LogP contribution in [0.15, 0.2) is 38.1 Å². The molecule has 0 spiro atoms. The van der Waals surface area contributed by atoms with E-state index in [2.05, 4.69) is 5.32 Å². The molecule has 11 nitrogen and oxygen atoms in total. The van der Waals surface area contributed by atoms with Gasteiger partial charge in [-0.1, -0.05) is 0 Å². The smallest absolute Gasteiger partial charge is 0.344 e. The number of methoxy groups -OCH3 is 2. The molecule has 0 saturated carbocycles. The second kappa shape index (κ2) is 8.17. The average Bonchev–Trinajstić information content (AvgIpc) is 3.09. The van der Waals surface area contributed by atoms with Crippen LogP contribution in [0.4, 0.5) is 11.6 Å². The number of carbonyl (C=O) groups excluding carboxylic acids is 2. The summed E-state index contributed by atoms with van der Waals surface area (Å²) >= 11 is 0. The molecule has 0 radical (unpaired) electrons. The van der Waals surface area contributed by atoms with E-state index in [1.807, 2.05) is 0 Å². The van der Waals surface area contributed by atoms with Crippen molar-refractivity contribution >= 4 is 34.5 Å². The number of fused-ring (bicyclic) bond motifs is 1. The number of ether oxygens (including phenoxy) is 2. The van der Waals surface area contributed by atoms with E-state index < -0.39 is 27.8 Å². The molecule has 0 saturated heterocycles. The lowest BCUT2D eigenvalue weighted by Gasteiger charge is -2.20.